The zero-order valence-electron chi connectivity index (χ0n) is 13.8. The Morgan fingerprint density at radius 2 is 2.21 bits per heavy atom. The topological polar surface area (TPSA) is 84.5 Å². The van der Waals surface area contributed by atoms with E-state index in [-0.39, 0.29) is 12.2 Å². The van der Waals surface area contributed by atoms with Crippen LogP contribution in [-0.4, -0.2) is 46.0 Å². The van der Waals surface area contributed by atoms with Gasteiger partial charge in [-0.3, -0.25) is 0 Å². The van der Waals surface area contributed by atoms with Gasteiger partial charge in [-0.1, -0.05) is 5.16 Å². The van der Waals surface area contributed by atoms with Gasteiger partial charge in [0.2, 0.25) is 5.95 Å². The molecule has 7 heteroatoms. The monoisotopic (exact) mass is 330 g/mol. The van der Waals surface area contributed by atoms with Gasteiger partial charge in [-0.25, -0.2) is 9.97 Å². The van der Waals surface area contributed by atoms with Crippen molar-refractivity contribution in [2.75, 3.05) is 24.6 Å². The fourth-order valence-electron chi connectivity index (χ4n) is 3.39. The molecule has 2 aliphatic heterocycles. The fourth-order valence-corrected chi connectivity index (χ4v) is 3.39. The van der Waals surface area contributed by atoms with Crippen molar-refractivity contribution in [2.45, 2.75) is 44.8 Å². The lowest BCUT2D eigenvalue weighted by molar-refractivity contribution is 0.109. The third kappa shape index (κ3) is 3.01. The van der Waals surface area contributed by atoms with Crippen LogP contribution in [0.25, 0.3) is 11.3 Å². The molecule has 0 aliphatic carbocycles. The van der Waals surface area contributed by atoms with Gasteiger partial charge >= 0.3 is 0 Å². The minimum atomic E-state index is -0.315. The van der Waals surface area contributed by atoms with E-state index in [0.717, 1.165) is 55.8 Å². The maximum absolute atomic E-state index is 9.91. The number of aromatic nitrogens is 3. The van der Waals surface area contributed by atoms with Crippen LogP contribution in [0.4, 0.5) is 5.95 Å². The van der Waals surface area contributed by atoms with Gasteiger partial charge in [-0.2, -0.15) is 0 Å². The highest BCUT2D eigenvalue weighted by atomic mass is 16.5. The van der Waals surface area contributed by atoms with Gasteiger partial charge in [-0.05, 0) is 32.6 Å². The molecule has 0 amide bonds. The van der Waals surface area contributed by atoms with E-state index in [1.165, 1.54) is 0 Å². The van der Waals surface area contributed by atoms with Crippen LogP contribution in [-0.2, 0) is 4.74 Å². The first-order chi connectivity index (χ1) is 11.7. The van der Waals surface area contributed by atoms with Crippen LogP contribution in [0, 0.1) is 6.92 Å². The Balaban J connectivity index is 1.71. The Morgan fingerprint density at radius 1 is 1.29 bits per heavy atom. The van der Waals surface area contributed by atoms with Gasteiger partial charge in [0, 0.05) is 32.0 Å². The summed E-state index contributed by atoms with van der Waals surface area (Å²) in [5.74, 6) is 1.32. The highest BCUT2D eigenvalue weighted by Gasteiger charge is 2.27. The summed E-state index contributed by atoms with van der Waals surface area (Å²) in [4.78, 5) is 11.3. The molecule has 7 nitrogen and oxygen atoms in total. The lowest BCUT2D eigenvalue weighted by Gasteiger charge is -2.30. The lowest BCUT2D eigenvalue weighted by atomic mass is 10.1. The molecule has 2 fully saturated rings. The molecule has 2 saturated heterocycles. The average Bonchev–Trinajstić information content (AvgIpc) is 3.26. The van der Waals surface area contributed by atoms with E-state index in [0.29, 0.717) is 18.3 Å². The molecular formula is C17H22N4O3. The molecule has 0 unspecified atom stereocenters. The molecule has 0 radical (unpaired) electrons. The molecule has 2 aliphatic rings. The van der Waals surface area contributed by atoms with Crippen LogP contribution in [0.2, 0.25) is 0 Å². The number of aliphatic hydroxyl groups excluding tert-OH is 1. The van der Waals surface area contributed by atoms with Crippen LogP contribution < -0.4 is 4.90 Å². The lowest BCUT2D eigenvalue weighted by Crippen LogP contribution is -2.39. The number of aliphatic hydroxyl groups is 1. The summed E-state index contributed by atoms with van der Waals surface area (Å²) in [7, 11) is 0. The van der Waals surface area contributed by atoms with Crippen LogP contribution in [0.3, 0.4) is 0 Å². The molecule has 0 saturated carbocycles. The third-order valence-electron chi connectivity index (χ3n) is 4.61. The van der Waals surface area contributed by atoms with Crippen molar-refractivity contribution < 1.29 is 14.4 Å². The van der Waals surface area contributed by atoms with Crippen molar-refractivity contribution >= 4 is 5.95 Å². The maximum atomic E-state index is 9.91. The molecule has 2 aromatic rings. The van der Waals surface area contributed by atoms with E-state index in [4.69, 9.17) is 14.2 Å². The minimum Gasteiger partial charge on any atom is -0.391 e. The maximum Gasteiger partial charge on any atom is 0.225 e. The highest BCUT2D eigenvalue weighted by Crippen LogP contribution is 2.35. The normalized spacial score (nSPS) is 24.5. The average molecular weight is 330 g/mol. The first kappa shape index (κ1) is 15.5. The minimum absolute atomic E-state index is 0.0399. The van der Waals surface area contributed by atoms with Crippen LogP contribution in [0.5, 0.6) is 0 Å². The van der Waals surface area contributed by atoms with Crippen molar-refractivity contribution in [3.63, 3.8) is 0 Å². The van der Waals surface area contributed by atoms with E-state index in [2.05, 4.69) is 10.1 Å². The number of piperidine rings is 1. The molecule has 0 aromatic carbocycles. The number of β-amino-alcohol motifs (C(OH)–C–C–N with tert-alkyl or cyclic N) is 1. The van der Waals surface area contributed by atoms with Gasteiger partial charge in [0.25, 0.3) is 0 Å². The Bertz CT molecular complexity index is 712. The second-order valence-corrected chi connectivity index (χ2v) is 6.55. The van der Waals surface area contributed by atoms with Gasteiger partial charge in [0.1, 0.15) is 6.10 Å². The van der Waals surface area contributed by atoms with Crippen molar-refractivity contribution in [1.82, 2.24) is 15.1 Å². The Labute approximate surface area is 140 Å². The summed E-state index contributed by atoms with van der Waals surface area (Å²) in [6, 6.07) is 1.89. The summed E-state index contributed by atoms with van der Waals surface area (Å²) < 4.78 is 11.3. The number of rotatable bonds is 3. The van der Waals surface area contributed by atoms with Gasteiger partial charge in [0.05, 0.1) is 23.1 Å². The predicted molar refractivity (Wildman–Crippen MR) is 87.6 cm³/mol. The molecule has 24 heavy (non-hydrogen) atoms. The number of hydrogen-bond acceptors (Lipinski definition) is 7. The number of ether oxygens (including phenoxy) is 1. The highest BCUT2D eigenvalue weighted by molar-refractivity contribution is 5.61. The van der Waals surface area contributed by atoms with Crippen LogP contribution >= 0.6 is 0 Å². The fraction of sp³-hybridized carbons (Fsp3) is 0.588. The summed E-state index contributed by atoms with van der Waals surface area (Å²) in [6.07, 6.45) is 5.20. The van der Waals surface area contributed by atoms with Crippen molar-refractivity contribution in [3.8, 4) is 11.3 Å². The molecule has 4 heterocycles. The van der Waals surface area contributed by atoms with Crippen LogP contribution in [0.1, 0.15) is 43.2 Å². The summed E-state index contributed by atoms with van der Waals surface area (Å²) >= 11 is 0. The second kappa shape index (κ2) is 6.49. The van der Waals surface area contributed by atoms with E-state index >= 15 is 0 Å². The molecule has 1 N–H and O–H groups in total. The van der Waals surface area contributed by atoms with Gasteiger partial charge in [0.15, 0.2) is 5.76 Å². The standard InChI is InChI=1S/C17H22N4O3/c1-11-8-15(24-20-11)13-9-18-17(21-6-2-4-12(22)10-21)19-16(13)14-5-3-7-23-14/h8-9,12,14,22H,2-7,10H2,1H3/t12-,14+/m1/s1. The molecule has 0 spiro atoms. The predicted octanol–water partition coefficient (Wildman–Crippen LogP) is 2.25. The first-order valence-corrected chi connectivity index (χ1v) is 8.56. The number of nitrogens with zero attached hydrogens (tertiary/aromatic N) is 4. The Hall–Kier alpha value is -1.99. The van der Waals surface area contributed by atoms with E-state index in [1.807, 2.05) is 17.9 Å². The molecule has 4 rings (SSSR count). The second-order valence-electron chi connectivity index (χ2n) is 6.55. The molecule has 128 valence electrons. The first-order valence-electron chi connectivity index (χ1n) is 8.56. The Morgan fingerprint density at radius 3 is 2.92 bits per heavy atom. The molecular weight excluding hydrogens is 308 g/mol. The van der Waals surface area contributed by atoms with Gasteiger partial charge < -0.3 is 19.3 Å². The number of anilines is 1. The molecule has 0 bridgehead atoms. The van der Waals surface area contributed by atoms with E-state index in [1.54, 1.807) is 6.20 Å². The summed E-state index contributed by atoms with van der Waals surface area (Å²) in [6.45, 7) is 4.08. The summed E-state index contributed by atoms with van der Waals surface area (Å²) in [5.41, 5.74) is 2.52. The van der Waals surface area contributed by atoms with E-state index in [9.17, 15) is 5.11 Å². The van der Waals surface area contributed by atoms with Crippen molar-refractivity contribution in [3.05, 3.63) is 23.7 Å². The van der Waals surface area contributed by atoms with Crippen molar-refractivity contribution in [2.24, 2.45) is 0 Å². The zero-order chi connectivity index (χ0) is 16.5. The van der Waals surface area contributed by atoms with Gasteiger partial charge in [-0.15, -0.1) is 0 Å². The van der Waals surface area contributed by atoms with E-state index < -0.39 is 0 Å². The number of aryl methyl sites for hydroxylation is 1. The zero-order valence-corrected chi connectivity index (χ0v) is 13.8. The quantitative estimate of drug-likeness (QED) is 0.924. The Kier molecular flexibility index (Phi) is 4.20. The van der Waals surface area contributed by atoms with Crippen molar-refractivity contribution in [1.29, 1.82) is 0 Å². The number of hydrogen-bond donors (Lipinski definition) is 1. The third-order valence-corrected chi connectivity index (χ3v) is 4.61. The molecule has 2 atom stereocenters. The largest absolute Gasteiger partial charge is 0.391 e. The van der Waals surface area contributed by atoms with Crippen LogP contribution in [0.15, 0.2) is 16.8 Å². The smallest absolute Gasteiger partial charge is 0.225 e. The SMILES string of the molecule is Cc1cc(-c2cnc(N3CCC[C@@H](O)C3)nc2[C@@H]2CCCO2)on1. The summed E-state index contributed by atoms with van der Waals surface area (Å²) in [5, 5.41) is 13.9. The molecule has 2 aromatic heterocycles.